The predicted octanol–water partition coefficient (Wildman–Crippen LogP) is 4.31. The number of β-amino-alcohol motifs (C(OH)–C–C–N with tert-alkyl or cyclic N) is 1. The number of nitrogens with zero attached hydrogens (tertiary/aromatic N) is 5. The molecule has 5 aromatic rings. The number of hydrogen-bond acceptors (Lipinski definition) is 16. The summed E-state index contributed by atoms with van der Waals surface area (Å²) in [5.74, 6) is -1.29. The number of thiazole rings is 1. The standard InChI is InChI=1S/C58H76N12O9S/c1-35(2)65-47-25-42(24-44(45(47)27-59)54(74)63-30-46-36(3)23-37(4)66-55(46)75)41-13-14-49(61-29-41)69-19-17-68(18-20-69)16-15-60-50(72)32-78-21-22-79-33-51(73)67-53(58(6,7)8)57(77)70-31-43(71)26-48(70)56(76)62-28-39-9-11-40(12-10-39)52-38(5)64-34-80-52/h9-14,23-25,27,29,34-35,43,48,53,59,65,71H,15-22,26,28,30-33H2,1-8H3,(H,60,72)(H,62,76)(H,63,74)(H,66,75)(H,67,73)/t43-,48+,53?/m1/s1. The summed E-state index contributed by atoms with van der Waals surface area (Å²) >= 11 is 1.56. The van der Waals surface area contributed by atoms with Crippen LogP contribution in [0.2, 0.25) is 0 Å². The highest BCUT2D eigenvalue weighted by Crippen LogP contribution is 2.31. The molecule has 22 heteroatoms. The highest BCUT2D eigenvalue weighted by Gasteiger charge is 2.44. The molecular formula is C58H76N12O9S. The molecule has 5 amide bonds. The Labute approximate surface area is 471 Å². The molecule has 3 atom stereocenters. The van der Waals surface area contributed by atoms with Crippen LogP contribution in [0.25, 0.3) is 21.6 Å². The smallest absolute Gasteiger partial charge is 0.253 e. The van der Waals surface area contributed by atoms with Gasteiger partial charge in [-0.1, -0.05) is 45.0 Å². The molecule has 2 aliphatic rings. The van der Waals surface area contributed by atoms with E-state index in [4.69, 9.17) is 19.9 Å². The number of amides is 5. The van der Waals surface area contributed by atoms with E-state index in [9.17, 15) is 33.9 Å². The third-order valence-electron chi connectivity index (χ3n) is 14.0. The SMILES string of the molecule is Cc1cc(C)c(CNC(=O)c2cc(-c3ccc(N4CCN(CCNC(=O)COCCOCC(=O)NC(C(=O)N5C[C@H](O)C[C@H]5C(=O)NCc5ccc(-c6scnc6C)cc5)C(C)(C)C)CC4)nc3)cc(NC(C)C)c2C=N)c(=O)[nH]1. The number of carbonyl (C=O) groups excluding carboxylic acids is 5. The van der Waals surface area contributed by atoms with E-state index in [2.05, 4.69) is 46.4 Å². The summed E-state index contributed by atoms with van der Waals surface area (Å²) in [6, 6.07) is 15.4. The van der Waals surface area contributed by atoms with Crippen LogP contribution >= 0.6 is 11.3 Å². The van der Waals surface area contributed by atoms with Gasteiger partial charge in [-0.25, -0.2) is 9.97 Å². The number of likely N-dealkylation sites (tertiary alicyclic amines) is 1. The number of aromatic nitrogens is 3. The molecule has 5 heterocycles. The molecule has 21 nitrogen and oxygen atoms in total. The minimum absolute atomic E-state index is 0.0277. The van der Waals surface area contributed by atoms with E-state index < -0.39 is 47.2 Å². The fraction of sp³-hybridized carbons (Fsp3) is 0.466. The minimum Gasteiger partial charge on any atom is -0.391 e. The molecule has 1 unspecified atom stereocenters. The first-order valence-corrected chi connectivity index (χ1v) is 27.9. The van der Waals surface area contributed by atoms with Crippen molar-refractivity contribution < 1.29 is 38.6 Å². The molecule has 2 aliphatic heterocycles. The number of hydrogen-bond donors (Lipinski definition) is 8. The van der Waals surface area contributed by atoms with Gasteiger partial charge in [0.05, 0.1) is 41.0 Å². The Morgan fingerprint density at radius 1 is 0.875 bits per heavy atom. The highest BCUT2D eigenvalue weighted by atomic mass is 32.1. The van der Waals surface area contributed by atoms with Crippen LogP contribution in [0.15, 0.2) is 71.1 Å². The van der Waals surface area contributed by atoms with Crippen molar-refractivity contribution >= 4 is 58.6 Å². The molecule has 3 aromatic heterocycles. The van der Waals surface area contributed by atoms with Crippen LogP contribution in [-0.4, -0.2) is 162 Å². The fourth-order valence-electron chi connectivity index (χ4n) is 9.74. The van der Waals surface area contributed by atoms with Gasteiger partial charge >= 0.3 is 0 Å². The summed E-state index contributed by atoms with van der Waals surface area (Å²) in [5.41, 5.74) is 8.58. The Kier molecular flexibility index (Phi) is 20.9. The number of H-pyrrole nitrogens is 1. The fourth-order valence-corrected chi connectivity index (χ4v) is 10.5. The topological polar surface area (TPSA) is 276 Å². The average Bonchev–Trinajstić information content (AvgIpc) is 4.10. The van der Waals surface area contributed by atoms with Gasteiger partial charge in [-0.3, -0.25) is 33.7 Å². The van der Waals surface area contributed by atoms with Crippen molar-refractivity contribution in [3.63, 3.8) is 0 Å². The first kappa shape index (κ1) is 60.3. The summed E-state index contributed by atoms with van der Waals surface area (Å²) in [4.78, 5) is 98.3. The number of pyridine rings is 2. The van der Waals surface area contributed by atoms with Crippen LogP contribution in [0.5, 0.6) is 0 Å². The maximum atomic E-state index is 14.0. The largest absolute Gasteiger partial charge is 0.391 e. The first-order chi connectivity index (χ1) is 38.2. The van der Waals surface area contributed by atoms with Gasteiger partial charge in [0.2, 0.25) is 23.6 Å². The summed E-state index contributed by atoms with van der Waals surface area (Å²) in [7, 11) is 0. The second-order valence-electron chi connectivity index (χ2n) is 21.7. The van der Waals surface area contributed by atoms with Gasteiger partial charge in [-0.15, -0.1) is 11.3 Å². The minimum atomic E-state index is -1.01. The second-order valence-corrected chi connectivity index (χ2v) is 22.5. The van der Waals surface area contributed by atoms with Gasteiger partial charge in [-0.05, 0) is 92.6 Å². The molecule has 8 N–H and O–H groups in total. The van der Waals surface area contributed by atoms with Crippen molar-refractivity contribution in [3.8, 4) is 21.6 Å². The van der Waals surface area contributed by atoms with Crippen LogP contribution < -0.4 is 37.0 Å². The number of carbonyl (C=O) groups is 5. The monoisotopic (exact) mass is 1120 g/mol. The summed E-state index contributed by atoms with van der Waals surface area (Å²) in [6.07, 6.45) is 2.12. The number of benzene rings is 2. The van der Waals surface area contributed by atoms with Gasteiger partial charge in [0.25, 0.3) is 11.5 Å². The lowest BCUT2D eigenvalue weighted by atomic mass is 9.85. The summed E-state index contributed by atoms with van der Waals surface area (Å²) < 4.78 is 11.0. The van der Waals surface area contributed by atoms with Crippen molar-refractivity contribution in [3.05, 3.63) is 116 Å². The van der Waals surface area contributed by atoms with Crippen LogP contribution in [0.3, 0.4) is 0 Å². The zero-order valence-corrected chi connectivity index (χ0v) is 47.8. The van der Waals surface area contributed by atoms with E-state index in [1.165, 1.54) is 4.90 Å². The lowest BCUT2D eigenvalue weighted by Crippen LogP contribution is -2.58. The molecule has 80 heavy (non-hydrogen) atoms. The van der Waals surface area contributed by atoms with Crippen LogP contribution in [-0.2, 0) is 41.7 Å². The van der Waals surface area contributed by atoms with Gasteiger partial charge in [0.15, 0.2) is 0 Å². The molecule has 428 valence electrons. The van der Waals surface area contributed by atoms with Crippen LogP contribution in [0.1, 0.15) is 85.0 Å². The number of aryl methyl sites for hydroxylation is 3. The Balaban J connectivity index is 0.792. The van der Waals surface area contributed by atoms with E-state index in [1.807, 2.05) is 104 Å². The van der Waals surface area contributed by atoms with Gasteiger partial charge < -0.3 is 61.4 Å². The van der Waals surface area contributed by atoms with E-state index >= 15 is 0 Å². The van der Waals surface area contributed by atoms with E-state index in [0.29, 0.717) is 35.5 Å². The Morgan fingerprint density at radius 2 is 1.57 bits per heavy atom. The zero-order chi connectivity index (χ0) is 57.7. The van der Waals surface area contributed by atoms with E-state index in [-0.39, 0.29) is 70.0 Å². The molecule has 2 saturated heterocycles. The third kappa shape index (κ3) is 16.1. The number of aliphatic hydroxyl groups excluding tert-OH is 1. The molecule has 2 aromatic carbocycles. The number of aromatic amines is 1. The first-order valence-electron chi connectivity index (χ1n) is 27.0. The number of ether oxygens (including phenoxy) is 2. The quantitative estimate of drug-likeness (QED) is 0.0316. The van der Waals surface area contributed by atoms with Crippen molar-refractivity contribution in [1.29, 1.82) is 5.41 Å². The van der Waals surface area contributed by atoms with Crippen LogP contribution in [0, 0.1) is 31.6 Å². The van der Waals surface area contributed by atoms with Crippen molar-refractivity contribution in [1.82, 2.24) is 46.0 Å². The molecule has 2 fully saturated rings. The lowest BCUT2D eigenvalue weighted by molar-refractivity contribution is -0.144. The van der Waals surface area contributed by atoms with Gasteiger partial charge in [0.1, 0.15) is 31.1 Å². The number of aliphatic hydroxyl groups is 1. The van der Waals surface area contributed by atoms with E-state index in [0.717, 1.165) is 82.3 Å². The van der Waals surface area contributed by atoms with Crippen LogP contribution in [0.4, 0.5) is 11.5 Å². The maximum Gasteiger partial charge on any atom is 0.253 e. The molecule has 0 radical (unpaired) electrons. The Morgan fingerprint density at radius 3 is 2.20 bits per heavy atom. The number of anilines is 2. The molecule has 0 bridgehead atoms. The maximum absolute atomic E-state index is 14.0. The zero-order valence-electron chi connectivity index (χ0n) is 47.0. The van der Waals surface area contributed by atoms with Gasteiger partial charge in [-0.2, -0.15) is 0 Å². The average molecular weight is 1120 g/mol. The number of rotatable bonds is 24. The second kappa shape index (κ2) is 27.7. The molecule has 0 spiro atoms. The van der Waals surface area contributed by atoms with Gasteiger partial charge in [0, 0.05) is 112 Å². The number of nitrogens with one attached hydrogen (secondary N) is 7. The molecular weight excluding hydrogens is 1040 g/mol. The normalized spacial score (nSPS) is 16.1. The third-order valence-corrected chi connectivity index (χ3v) is 15.0. The lowest BCUT2D eigenvalue weighted by Gasteiger charge is -2.35. The van der Waals surface area contributed by atoms with E-state index in [1.54, 1.807) is 29.1 Å². The molecule has 7 rings (SSSR count). The number of piperazine rings is 1. The Hall–Kier alpha value is -7.37. The summed E-state index contributed by atoms with van der Waals surface area (Å²) in [6.45, 7) is 18.8. The summed E-state index contributed by atoms with van der Waals surface area (Å²) in [5, 5.41) is 33.6. The van der Waals surface area contributed by atoms with Crippen molar-refractivity contribution in [2.75, 3.05) is 82.5 Å². The van der Waals surface area contributed by atoms with Crippen molar-refractivity contribution in [2.24, 2.45) is 5.41 Å². The van der Waals surface area contributed by atoms with Crippen molar-refractivity contribution in [2.45, 2.75) is 99.1 Å². The highest BCUT2D eigenvalue weighted by molar-refractivity contribution is 7.13. The Bertz CT molecular complexity index is 3040. The predicted molar refractivity (Wildman–Crippen MR) is 309 cm³/mol. The molecule has 0 aliphatic carbocycles. The molecule has 0 saturated carbocycles.